The van der Waals surface area contributed by atoms with E-state index in [1.54, 1.807) is 16.8 Å². The quantitative estimate of drug-likeness (QED) is 0.676. The van der Waals surface area contributed by atoms with Gasteiger partial charge in [0.25, 0.3) is 0 Å². The molecule has 8 heteroatoms. The lowest BCUT2D eigenvalue weighted by molar-refractivity contribution is -0.118. The third kappa shape index (κ3) is 3.87. The number of carbonyl (C=O) groups is 1. The largest absolute Gasteiger partial charge is 0.356 e. The molecule has 1 amide bonds. The van der Waals surface area contributed by atoms with E-state index in [-0.39, 0.29) is 11.7 Å². The van der Waals surface area contributed by atoms with Crippen molar-refractivity contribution in [2.24, 2.45) is 0 Å². The van der Waals surface area contributed by atoms with Crippen molar-refractivity contribution in [1.29, 1.82) is 0 Å². The molecule has 1 aromatic carbocycles. The highest BCUT2D eigenvalue weighted by Gasteiger charge is 2.08. The number of thioether (sulfide) groups is 1. The molecule has 0 atom stereocenters. The monoisotopic (exact) mass is 329 g/mol. The molecule has 1 heterocycles. The van der Waals surface area contributed by atoms with Crippen molar-refractivity contribution in [3.05, 3.63) is 34.0 Å². The Balaban J connectivity index is 2.11. The summed E-state index contributed by atoms with van der Waals surface area (Å²) < 4.78 is 15.7. The SMILES string of the molecule is CCNC(=O)CSc1nn(-c2ccc(F)cc2)c(=S)s1. The Morgan fingerprint density at radius 1 is 1.50 bits per heavy atom. The number of carbonyl (C=O) groups excluding carboxylic acids is 1. The van der Waals surface area contributed by atoms with Gasteiger partial charge in [0.15, 0.2) is 8.29 Å². The molecule has 0 radical (unpaired) electrons. The minimum absolute atomic E-state index is 0.0352. The van der Waals surface area contributed by atoms with E-state index in [1.807, 2.05) is 6.92 Å². The molecule has 0 spiro atoms. The zero-order valence-electron chi connectivity index (χ0n) is 10.6. The summed E-state index contributed by atoms with van der Waals surface area (Å²) in [5.74, 6) is -0.0344. The number of hydrogen-bond donors (Lipinski definition) is 1. The van der Waals surface area contributed by atoms with Crippen LogP contribution in [0.2, 0.25) is 0 Å². The molecule has 2 aromatic rings. The molecule has 0 unspecified atom stereocenters. The summed E-state index contributed by atoms with van der Waals surface area (Å²) >= 11 is 7.89. The predicted octanol–water partition coefficient (Wildman–Crippen LogP) is 3.03. The molecule has 1 N–H and O–H groups in total. The average Bonchev–Trinajstić information content (AvgIpc) is 2.79. The highest BCUT2D eigenvalue weighted by atomic mass is 32.2. The van der Waals surface area contributed by atoms with Crippen LogP contribution < -0.4 is 5.32 Å². The second-order valence-corrected chi connectivity index (χ2v) is 6.61. The van der Waals surface area contributed by atoms with Crippen LogP contribution in [0.5, 0.6) is 0 Å². The van der Waals surface area contributed by atoms with Crippen molar-refractivity contribution in [2.75, 3.05) is 12.3 Å². The van der Waals surface area contributed by atoms with E-state index >= 15 is 0 Å². The van der Waals surface area contributed by atoms with Gasteiger partial charge in [-0.3, -0.25) is 4.79 Å². The van der Waals surface area contributed by atoms with Gasteiger partial charge in [0.2, 0.25) is 5.91 Å². The van der Waals surface area contributed by atoms with Crippen molar-refractivity contribution in [2.45, 2.75) is 11.3 Å². The Bertz CT molecular complexity index is 651. The van der Waals surface area contributed by atoms with Gasteiger partial charge >= 0.3 is 0 Å². The molecule has 0 aliphatic carbocycles. The van der Waals surface area contributed by atoms with Crippen LogP contribution in [0.15, 0.2) is 28.6 Å². The standard InChI is InChI=1S/C12H12FN3OS3/c1-2-14-10(17)7-19-11-15-16(12(18)20-11)9-5-3-8(13)4-6-9/h3-6H,2,7H2,1H3,(H,14,17). The number of halogens is 1. The fraction of sp³-hybridized carbons (Fsp3) is 0.250. The average molecular weight is 329 g/mol. The van der Waals surface area contributed by atoms with E-state index in [2.05, 4.69) is 10.4 Å². The summed E-state index contributed by atoms with van der Waals surface area (Å²) in [5.41, 5.74) is 0.706. The lowest BCUT2D eigenvalue weighted by atomic mass is 10.3. The molecule has 20 heavy (non-hydrogen) atoms. The molecular formula is C12H12FN3OS3. The Morgan fingerprint density at radius 3 is 2.85 bits per heavy atom. The van der Waals surface area contributed by atoms with Crippen LogP contribution in [-0.2, 0) is 4.79 Å². The van der Waals surface area contributed by atoms with Gasteiger partial charge in [-0.1, -0.05) is 23.1 Å². The number of hydrogen-bond acceptors (Lipinski definition) is 5. The number of benzene rings is 1. The zero-order valence-corrected chi connectivity index (χ0v) is 13.1. The molecule has 2 rings (SSSR count). The number of nitrogens with one attached hydrogen (secondary N) is 1. The summed E-state index contributed by atoms with van der Waals surface area (Å²) in [4.78, 5) is 11.4. The van der Waals surface area contributed by atoms with Crippen LogP contribution in [0, 0.1) is 9.77 Å². The summed E-state index contributed by atoms with van der Waals surface area (Å²) in [7, 11) is 0. The summed E-state index contributed by atoms with van der Waals surface area (Å²) in [6, 6.07) is 5.95. The molecule has 0 saturated carbocycles. The van der Waals surface area contributed by atoms with Gasteiger partial charge in [-0.2, -0.15) is 0 Å². The third-order valence-electron chi connectivity index (χ3n) is 2.30. The Labute approximate surface area is 129 Å². The van der Waals surface area contributed by atoms with E-state index in [9.17, 15) is 9.18 Å². The first-order valence-corrected chi connectivity index (χ1v) is 8.07. The van der Waals surface area contributed by atoms with Gasteiger partial charge in [-0.25, -0.2) is 9.07 Å². The fourth-order valence-electron chi connectivity index (χ4n) is 1.44. The van der Waals surface area contributed by atoms with Gasteiger partial charge in [-0.15, -0.1) is 5.10 Å². The molecule has 4 nitrogen and oxygen atoms in total. The van der Waals surface area contributed by atoms with Gasteiger partial charge in [0.05, 0.1) is 11.4 Å². The van der Waals surface area contributed by atoms with Gasteiger partial charge in [0.1, 0.15) is 5.82 Å². The van der Waals surface area contributed by atoms with Crippen LogP contribution in [0.25, 0.3) is 5.69 Å². The van der Waals surface area contributed by atoms with Crippen molar-refractivity contribution in [1.82, 2.24) is 15.1 Å². The second kappa shape index (κ2) is 6.96. The zero-order chi connectivity index (χ0) is 14.5. The topological polar surface area (TPSA) is 46.9 Å². The summed E-state index contributed by atoms with van der Waals surface area (Å²) in [6.07, 6.45) is 0. The van der Waals surface area contributed by atoms with E-state index < -0.39 is 0 Å². The minimum atomic E-state index is -0.304. The first-order valence-electron chi connectivity index (χ1n) is 5.85. The van der Waals surface area contributed by atoms with Crippen molar-refractivity contribution in [3.8, 4) is 5.69 Å². The van der Waals surface area contributed by atoms with Crippen LogP contribution in [0.1, 0.15) is 6.92 Å². The molecule has 0 fully saturated rings. The fourth-order valence-corrected chi connectivity index (χ4v) is 3.63. The Hall–Kier alpha value is -1.25. The predicted molar refractivity (Wildman–Crippen MR) is 81.6 cm³/mol. The highest BCUT2D eigenvalue weighted by molar-refractivity contribution is 8.01. The van der Waals surface area contributed by atoms with Crippen LogP contribution in [0.4, 0.5) is 4.39 Å². The normalized spacial score (nSPS) is 10.5. The van der Waals surface area contributed by atoms with Crippen LogP contribution in [-0.4, -0.2) is 28.0 Å². The lowest BCUT2D eigenvalue weighted by Crippen LogP contribution is -2.24. The summed E-state index contributed by atoms with van der Waals surface area (Å²) in [6.45, 7) is 2.48. The molecule has 0 saturated heterocycles. The van der Waals surface area contributed by atoms with Gasteiger partial charge in [0, 0.05) is 6.54 Å². The van der Waals surface area contributed by atoms with Crippen LogP contribution >= 0.6 is 35.3 Å². The molecule has 106 valence electrons. The number of rotatable bonds is 5. The molecule has 1 aromatic heterocycles. The minimum Gasteiger partial charge on any atom is -0.356 e. The van der Waals surface area contributed by atoms with Crippen LogP contribution in [0.3, 0.4) is 0 Å². The van der Waals surface area contributed by atoms with Gasteiger partial charge in [-0.05, 0) is 43.4 Å². The molecule has 0 aliphatic rings. The molecule has 0 bridgehead atoms. The highest BCUT2D eigenvalue weighted by Crippen LogP contribution is 2.23. The van der Waals surface area contributed by atoms with Crippen molar-refractivity contribution in [3.63, 3.8) is 0 Å². The van der Waals surface area contributed by atoms with E-state index in [0.717, 1.165) is 0 Å². The first kappa shape index (κ1) is 15.1. The maximum atomic E-state index is 12.9. The molecule has 0 aliphatic heterocycles. The van der Waals surface area contributed by atoms with Crippen molar-refractivity contribution < 1.29 is 9.18 Å². The Kier molecular flexibility index (Phi) is 5.27. The second-order valence-electron chi connectivity index (χ2n) is 3.76. The maximum Gasteiger partial charge on any atom is 0.230 e. The summed E-state index contributed by atoms with van der Waals surface area (Å²) in [5, 5.41) is 7.05. The number of aromatic nitrogens is 2. The number of amides is 1. The van der Waals surface area contributed by atoms with Crippen molar-refractivity contribution >= 4 is 41.2 Å². The van der Waals surface area contributed by atoms with E-state index in [1.165, 1.54) is 35.2 Å². The smallest absolute Gasteiger partial charge is 0.230 e. The van der Waals surface area contributed by atoms with E-state index in [4.69, 9.17) is 12.2 Å². The lowest BCUT2D eigenvalue weighted by Gasteiger charge is -2.00. The third-order valence-corrected chi connectivity index (χ3v) is 4.67. The Morgan fingerprint density at radius 2 is 2.20 bits per heavy atom. The van der Waals surface area contributed by atoms with Gasteiger partial charge < -0.3 is 5.32 Å². The molecular weight excluding hydrogens is 317 g/mol. The first-order chi connectivity index (χ1) is 9.60. The van der Waals surface area contributed by atoms with E-state index in [0.29, 0.717) is 26.3 Å². The maximum absolute atomic E-state index is 12.9. The number of nitrogens with zero attached hydrogens (tertiary/aromatic N) is 2.